The van der Waals surface area contributed by atoms with Crippen molar-refractivity contribution >= 4 is 41.0 Å². The number of benzene rings is 1. The number of hydrogen-bond acceptors (Lipinski definition) is 2. The van der Waals surface area contributed by atoms with E-state index in [1.54, 1.807) is 0 Å². The van der Waals surface area contributed by atoms with Gasteiger partial charge < -0.3 is 8.97 Å². The molecule has 0 unspecified atom stereocenters. The molecule has 0 radical (unpaired) electrons. The van der Waals surface area contributed by atoms with Crippen molar-refractivity contribution in [1.82, 2.24) is 4.23 Å². The maximum atomic E-state index is 12.4. The molecular formula is C19H28BrNO2Si. The summed E-state index contributed by atoms with van der Waals surface area (Å²) in [6.07, 6.45) is 2.17. The molecule has 0 amide bonds. The van der Waals surface area contributed by atoms with Crippen LogP contribution in [0.15, 0.2) is 28.9 Å². The maximum Gasteiger partial charge on any atom is 0.338 e. The Morgan fingerprint density at radius 2 is 1.71 bits per heavy atom. The summed E-state index contributed by atoms with van der Waals surface area (Å²) in [4.78, 5) is 12.4. The highest BCUT2D eigenvalue weighted by Gasteiger charge is 2.38. The van der Waals surface area contributed by atoms with Crippen LogP contribution in [0.1, 0.15) is 51.9 Å². The predicted molar refractivity (Wildman–Crippen MR) is 107 cm³/mol. The number of ether oxygens (including phenoxy) is 1. The van der Waals surface area contributed by atoms with E-state index in [1.165, 1.54) is 0 Å². The summed E-state index contributed by atoms with van der Waals surface area (Å²) in [6, 6.07) is 5.81. The SMILES string of the molecule is CC(C)(C)OC(=O)c1ccc2c(Br)cn([Si](C)(C)C(C)(C)C)c2c1. The number of nitrogens with zero attached hydrogens (tertiary/aromatic N) is 1. The summed E-state index contributed by atoms with van der Waals surface area (Å²) in [5.41, 5.74) is 1.20. The molecule has 0 spiro atoms. The molecule has 2 aromatic rings. The van der Waals surface area contributed by atoms with Crippen LogP contribution in [0.25, 0.3) is 10.9 Å². The van der Waals surface area contributed by atoms with Gasteiger partial charge in [0.05, 0.1) is 5.56 Å². The highest BCUT2D eigenvalue weighted by atomic mass is 79.9. The summed E-state index contributed by atoms with van der Waals surface area (Å²) in [7, 11) is -1.79. The van der Waals surface area contributed by atoms with Crippen LogP contribution < -0.4 is 0 Å². The van der Waals surface area contributed by atoms with Gasteiger partial charge in [-0.25, -0.2) is 4.79 Å². The molecule has 24 heavy (non-hydrogen) atoms. The molecule has 0 saturated heterocycles. The molecule has 0 fully saturated rings. The van der Waals surface area contributed by atoms with Crippen molar-refractivity contribution in [1.29, 1.82) is 0 Å². The van der Waals surface area contributed by atoms with Gasteiger partial charge in [-0.3, -0.25) is 0 Å². The number of esters is 1. The van der Waals surface area contributed by atoms with Crippen molar-refractivity contribution in [3.05, 3.63) is 34.4 Å². The molecule has 3 nitrogen and oxygen atoms in total. The maximum absolute atomic E-state index is 12.4. The molecule has 1 aromatic carbocycles. The second-order valence-corrected chi connectivity index (χ2v) is 14.8. The third-order valence-electron chi connectivity index (χ3n) is 4.83. The van der Waals surface area contributed by atoms with Crippen molar-refractivity contribution in [3.63, 3.8) is 0 Å². The lowest BCUT2D eigenvalue weighted by Gasteiger charge is -2.38. The zero-order valence-corrected chi connectivity index (χ0v) is 18.5. The summed E-state index contributed by atoms with van der Waals surface area (Å²) in [6.45, 7) is 17.2. The Bertz CT molecular complexity index is 779. The molecule has 0 aliphatic carbocycles. The Hall–Kier alpha value is -1.07. The molecule has 0 bridgehead atoms. The topological polar surface area (TPSA) is 31.2 Å². The van der Waals surface area contributed by atoms with Crippen LogP contribution in [0, 0.1) is 0 Å². The van der Waals surface area contributed by atoms with E-state index in [-0.39, 0.29) is 11.0 Å². The zero-order valence-electron chi connectivity index (χ0n) is 16.0. The largest absolute Gasteiger partial charge is 0.456 e. The molecule has 132 valence electrons. The van der Waals surface area contributed by atoms with E-state index in [0.29, 0.717) is 5.56 Å². The van der Waals surface area contributed by atoms with Crippen molar-refractivity contribution in [2.75, 3.05) is 0 Å². The minimum absolute atomic E-state index is 0.195. The monoisotopic (exact) mass is 409 g/mol. The number of fused-ring (bicyclic) bond motifs is 1. The van der Waals surface area contributed by atoms with Crippen molar-refractivity contribution < 1.29 is 9.53 Å². The number of carbonyl (C=O) groups excluding carboxylic acids is 1. The molecule has 0 aliphatic heterocycles. The quantitative estimate of drug-likeness (QED) is 0.435. The smallest absolute Gasteiger partial charge is 0.338 e. The van der Waals surface area contributed by atoms with Gasteiger partial charge in [0, 0.05) is 21.6 Å². The van der Waals surface area contributed by atoms with E-state index in [2.05, 4.69) is 60.2 Å². The van der Waals surface area contributed by atoms with Crippen LogP contribution in [-0.4, -0.2) is 24.0 Å². The van der Waals surface area contributed by atoms with Crippen molar-refractivity contribution in [3.8, 4) is 0 Å². The van der Waals surface area contributed by atoms with Crippen LogP contribution in [0.2, 0.25) is 18.1 Å². The van der Waals surface area contributed by atoms with E-state index < -0.39 is 13.8 Å². The summed E-state index contributed by atoms with van der Waals surface area (Å²) >= 11 is 3.67. The van der Waals surface area contributed by atoms with E-state index in [1.807, 2.05) is 39.0 Å². The predicted octanol–water partition coefficient (Wildman–Crippen LogP) is 6.21. The first-order chi connectivity index (χ1) is 10.7. The zero-order chi connectivity index (χ0) is 18.5. The van der Waals surface area contributed by atoms with Gasteiger partial charge in [-0.1, -0.05) is 39.9 Å². The average Bonchev–Trinajstić information content (AvgIpc) is 2.73. The van der Waals surface area contributed by atoms with E-state index in [4.69, 9.17) is 4.74 Å². The second kappa shape index (κ2) is 6.02. The van der Waals surface area contributed by atoms with Gasteiger partial charge in [0.1, 0.15) is 5.60 Å². The number of hydrogen-bond donors (Lipinski definition) is 0. The van der Waals surface area contributed by atoms with Crippen LogP contribution >= 0.6 is 15.9 Å². The van der Waals surface area contributed by atoms with E-state index in [9.17, 15) is 4.79 Å². The minimum atomic E-state index is -1.79. The minimum Gasteiger partial charge on any atom is -0.456 e. The van der Waals surface area contributed by atoms with Gasteiger partial charge in [0.2, 0.25) is 0 Å². The normalized spacial score (nSPS) is 13.4. The molecular weight excluding hydrogens is 382 g/mol. The van der Waals surface area contributed by atoms with Gasteiger partial charge in [-0.05, 0) is 53.9 Å². The Morgan fingerprint density at radius 1 is 1.12 bits per heavy atom. The molecule has 1 heterocycles. The third kappa shape index (κ3) is 3.62. The Labute approximate surface area is 154 Å². The summed E-state index contributed by atoms with van der Waals surface area (Å²) < 4.78 is 8.98. The van der Waals surface area contributed by atoms with Crippen molar-refractivity contribution in [2.45, 2.75) is 65.3 Å². The van der Waals surface area contributed by atoms with Gasteiger partial charge >= 0.3 is 5.97 Å². The lowest BCUT2D eigenvalue weighted by Crippen LogP contribution is -2.44. The van der Waals surface area contributed by atoms with Gasteiger partial charge in [0.25, 0.3) is 0 Å². The number of halogens is 1. The first kappa shape index (κ1) is 19.3. The summed E-state index contributed by atoms with van der Waals surface area (Å²) in [5, 5.41) is 1.33. The lowest BCUT2D eigenvalue weighted by molar-refractivity contribution is 0.00697. The molecule has 5 heteroatoms. The molecule has 0 N–H and O–H groups in total. The van der Waals surface area contributed by atoms with Gasteiger partial charge in [-0.15, -0.1) is 0 Å². The average molecular weight is 410 g/mol. The Balaban J connectivity index is 2.60. The number of rotatable bonds is 2. The molecule has 2 rings (SSSR count). The standard InChI is InChI=1S/C19H28BrNO2Si/c1-18(2,3)23-17(22)13-9-10-14-15(20)12-21(16(14)11-13)24(7,8)19(4,5)6/h9-12H,1-8H3. The van der Waals surface area contributed by atoms with E-state index >= 15 is 0 Å². The fraction of sp³-hybridized carbons (Fsp3) is 0.526. The van der Waals surface area contributed by atoms with Crippen LogP contribution in [-0.2, 0) is 4.74 Å². The van der Waals surface area contributed by atoms with E-state index in [0.717, 1.165) is 15.4 Å². The second-order valence-electron chi connectivity index (χ2n) is 8.89. The fourth-order valence-electron chi connectivity index (χ4n) is 2.47. The fourth-order valence-corrected chi connectivity index (χ4v) is 5.16. The Morgan fingerprint density at radius 3 is 2.21 bits per heavy atom. The summed E-state index contributed by atoms with van der Waals surface area (Å²) in [5.74, 6) is -0.275. The Kier molecular flexibility index (Phi) is 4.83. The van der Waals surface area contributed by atoms with Gasteiger partial charge in [0.15, 0.2) is 8.24 Å². The highest BCUT2D eigenvalue weighted by molar-refractivity contribution is 9.10. The first-order valence-corrected chi connectivity index (χ1v) is 12.0. The van der Waals surface area contributed by atoms with Crippen LogP contribution in [0.5, 0.6) is 0 Å². The third-order valence-corrected chi connectivity index (χ3v) is 10.7. The highest BCUT2D eigenvalue weighted by Crippen LogP contribution is 2.40. The first-order valence-electron chi connectivity index (χ1n) is 8.28. The van der Waals surface area contributed by atoms with Crippen molar-refractivity contribution in [2.24, 2.45) is 0 Å². The molecule has 0 aliphatic rings. The van der Waals surface area contributed by atoms with Crippen LogP contribution in [0.4, 0.5) is 0 Å². The molecule has 0 atom stereocenters. The number of carbonyl (C=O) groups is 1. The lowest BCUT2D eigenvalue weighted by atomic mass is 10.1. The molecule has 1 aromatic heterocycles. The van der Waals surface area contributed by atoms with Gasteiger partial charge in [-0.2, -0.15) is 0 Å². The number of aromatic nitrogens is 1. The van der Waals surface area contributed by atoms with Crippen LogP contribution in [0.3, 0.4) is 0 Å². The molecule has 0 saturated carbocycles.